The fourth-order valence-corrected chi connectivity index (χ4v) is 6.13. The molecule has 1 N–H and O–H groups in total. The summed E-state index contributed by atoms with van der Waals surface area (Å²) < 4.78 is 38.5. The predicted octanol–water partition coefficient (Wildman–Crippen LogP) is 2.54. The summed E-state index contributed by atoms with van der Waals surface area (Å²) >= 11 is 0. The van der Waals surface area contributed by atoms with E-state index in [1.807, 2.05) is 40.8 Å². The SMILES string of the molecule is CCNC(=O)C1CC(C2CC(C)C3C(=O)N(C4C=NN(CC(F)(F)F)C4)C(C)(C)C3=N2)C=NC1C. The van der Waals surface area contributed by atoms with Crippen LogP contribution in [0.15, 0.2) is 15.1 Å². The third kappa shape index (κ3) is 4.82. The summed E-state index contributed by atoms with van der Waals surface area (Å²) in [6, 6.07) is -0.742. The normalized spacial score (nSPS) is 36.4. The highest BCUT2D eigenvalue weighted by Gasteiger charge is 2.57. The molecule has 8 nitrogen and oxygen atoms in total. The van der Waals surface area contributed by atoms with Gasteiger partial charge in [0.05, 0.1) is 47.8 Å². The lowest BCUT2D eigenvalue weighted by atomic mass is 9.74. The van der Waals surface area contributed by atoms with E-state index in [1.54, 1.807) is 4.90 Å². The quantitative estimate of drug-likeness (QED) is 0.634. The van der Waals surface area contributed by atoms with Gasteiger partial charge in [-0.2, -0.15) is 18.3 Å². The Morgan fingerprint density at radius 3 is 2.60 bits per heavy atom. The molecule has 11 heteroatoms. The van der Waals surface area contributed by atoms with Crippen molar-refractivity contribution in [2.45, 2.75) is 77.3 Å². The lowest BCUT2D eigenvalue weighted by Crippen LogP contribution is -2.53. The Morgan fingerprint density at radius 1 is 1.23 bits per heavy atom. The predicted molar refractivity (Wildman–Crippen MR) is 128 cm³/mol. The van der Waals surface area contributed by atoms with E-state index < -0.39 is 30.2 Å². The van der Waals surface area contributed by atoms with Crippen LogP contribution in [-0.2, 0) is 9.59 Å². The lowest BCUT2D eigenvalue weighted by molar-refractivity contribution is -0.146. The van der Waals surface area contributed by atoms with E-state index in [1.165, 1.54) is 6.21 Å². The molecule has 0 aromatic heterocycles. The number of aliphatic imine (C=N–C) groups is 2. The van der Waals surface area contributed by atoms with E-state index in [0.29, 0.717) is 19.4 Å². The molecular weight excluding hydrogens is 461 g/mol. The van der Waals surface area contributed by atoms with Gasteiger partial charge in [-0.1, -0.05) is 6.92 Å². The second-order valence-corrected chi connectivity index (χ2v) is 10.8. The Bertz CT molecular complexity index is 946. The minimum atomic E-state index is -4.36. The molecule has 0 aliphatic carbocycles. The summed E-state index contributed by atoms with van der Waals surface area (Å²) in [5, 5.41) is 7.78. The van der Waals surface area contributed by atoms with Gasteiger partial charge in [-0.05, 0) is 46.5 Å². The molecule has 194 valence electrons. The smallest absolute Gasteiger partial charge is 0.356 e. The summed E-state index contributed by atoms with van der Waals surface area (Å²) in [5.74, 6) is -0.708. The fraction of sp³-hybridized carbons (Fsp3) is 0.792. The Hall–Kier alpha value is -2.46. The van der Waals surface area contributed by atoms with Crippen LogP contribution in [0.4, 0.5) is 13.2 Å². The van der Waals surface area contributed by atoms with Crippen LogP contribution in [0.5, 0.6) is 0 Å². The number of hydrogen-bond acceptors (Lipinski definition) is 6. The molecule has 7 atom stereocenters. The average Bonchev–Trinajstić information content (AvgIpc) is 3.26. The van der Waals surface area contributed by atoms with Gasteiger partial charge in [-0.15, -0.1) is 0 Å². The molecule has 35 heavy (non-hydrogen) atoms. The molecule has 0 saturated carbocycles. The topological polar surface area (TPSA) is 89.7 Å². The zero-order chi connectivity index (χ0) is 25.7. The number of fused-ring (bicyclic) bond motifs is 1. The number of hydrazone groups is 1. The van der Waals surface area contributed by atoms with Gasteiger partial charge in [0.15, 0.2) is 0 Å². The maximum Gasteiger partial charge on any atom is 0.407 e. The first-order valence-corrected chi connectivity index (χ1v) is 12.4. The lowest BCUT2D eigenvalue weighted by Gasteiger charge is -2.38. The molecule has 0 spiro atoms. The third-order valence-electron chi connectivity index (χ3n) is 7.81. The molecular formula is C24H35F3N6O2. The van der Waals surface area contributed by atoms with Crippen molar-refractivity contribution in [1.82, 2.24) is 15.2 Å². The number of carbonyl (C=O) groups is 2. The number of amides is 2. The minimum Gasteiger partial charge on any atom is -0.356 e. The van der Waals surface area contributed by atoms with Crippen molar-refractivity contribution < 1.29 is 22.8 Å². The van der Waals surface area contributed by atoms with Gasteiger partial charge in [-0.3, -0.25) is 24.6 Å². The maximum absolute atomic E-state index is 13.5. The van der Waals surface area contributed by atoms with Crippen LogP contribution in [-0.4, -0.2) is 89.3 Å². The van der Waals surface area contributed by atoms with E-state index in [2.05, 4.69) is 15.4 Å². The first-order chi connectivity index (χ1) is 16.3. The number of alkyl halides is 3. The van der Waals surface area contributed by atoms with Crippen molar-refractivity contribution in [3.63, 3.8) is 0 Å². The second-order valence-electron chi connectivity index (χ2n) is 10.8. The van der Waals surface area contributed by atoms with Crippen molar-refractivity contribution >= 4 is 30.0 Å². The Kier molecular flexibility index (Phi) is 6.74. The third-order valence-corrected chi connectivity index (χ3v) is 7.81. The van der Waals surface area contributed by atoms with Crippen LogP contribution in [0, 0.1) is 23.7 Å². The van der Waals surface area contributed by atoms with Gasteiger partial charge in [0.25, 0.3) is 0 Å². The van der Waals surface area contributed by atoms with Gasteiger partial charge in [0, 0.05) is 24.9 Å². The van der Waals surface area contributed by atoms with Crippen LogP contribution >= 0.6 is 0 Å². The summed E-state index contributed by atoms with van der Waals surface area (Å²) in [6.07, 6.45) is 0.340. The standard InChI is InChI=1S/C24H35F3N6O2/c1-6-28-21(34)17-8-15(9-29-14(17)3)18-7-13(2)19-20(31-18)23(4,5)33(22(19)35)16-10-30-32(11-16)12-24(25,26)27/h9-10,13-19H,6-8,11-12H2,1-5H3,(H,28,34). The second kappa shape index (κ2) is 9.20. The molecule has 1 saturated heterocycles. The number of carbonyl (C=O) groups excluding carboxylic acids is 2. The minimum absolute atomic E-state index is 0.00252. The Morgan fingerprint density at radius 2 is 1.94 bits per heavy atom. The van der Waals surface area contributed by atoms with E-state index in [-0.39, 0.29) is 48.2 Å². The number of hydrogen-bond donors (Lipinski definition) is 1. The molecule has 4 aliphatic rings. The first-order valence-electron chi connectivity index (χ1n) is 12.4. The van der Waals surface area contributed by atoms with Crippen molar-refractivity contribution in [3.05, 3.63) is 0 Å². The number of rotatable bonds is 5. The molecule has 1 fully saturated rings. The van der Waals surface area contributed by atoms with Crippen molar-refractivity contribution in [1.29, 1.82) is 0 Å². The summed E-state index contributed by atoms with van der Waals surface area (Å²) in [5.41, 5.74) is 0.0213. The summed E-state index contributed by atoms with van der Waals surface area (Å²) in [4.78, 5) is 37.5. The van der Waals surface area contributed by atoms with Gasteiger partial charge >= 0.3 is 6.18 Å². The summed E-state index contributed by atoms with van der Waals surface area (Å²) in [7, 11) is 0. The molecule has 4 aliphatic heterocycles. The molecule has 0 aromatic carbocycles. The van der Waals surface area contributed by atoms with Gasteiger partial charge < -0.3 is 10.2 Å². The fourth-order valence-electron chi connectivity index (χ4n) is 6.13. The molecule has 0 bridgehead atoms. The number of halogens is 3. The van der Waals surface area contributed by atoms with Crippen LogP contribution in [0.3, 0.4) is 0 Å². The van der Waals surface area contributed by atoms with Gasteiger partial charge in [-0.25, -0.2) is 0 Å². The molecule has 4 rings (SSSR count). The van der Waals surface area contributed by atoms with Crippen LogP contribution in [0.25, 0.3) is 0 Å². The molecule has 0 radical (unpaired) electrons. The van der Waals surface area contributed by atoms with Crippen LogP contribution < -0.4 is 5.32 Å². The van der Waals surface area contributed by atoms with Crippen molar-refractivity contribution in [2.24, 2.45) is 38.8 Å². The average molecular weight is 497 g/mol. The van der Waals surface area contributed by atoms with E-state index in [9.17, 15) is 22.8 Å². The molecule has 2 amide bonds. The highest BCUT2D eigenvalue weighted by atomic mass is 19.4. The maximum atomic E-state index is 13.5. The highest BCUT2D eigenvalue weighted by Crippen LogP contribution is 2.44. The van der Waals surface area contributed by atoms with E-state index in [4.69, 9.17) is 4.99 Å². The van der Waals surface area contributed by atoms with Crippen molar-refractivity contribution in [2.75, 3.05) is 19.6 Å². The zero-order valence-corrected chi connectivity index (χ0v) is 20.9. The van der Waals surface area contributed by atoms with Crippen molar-refractivity contribution in [3.8, 4) is 0 Å². The molecule has 0 aromatic rings. The van der Waals surface area contributed by atoms with E-state index >= 15 is 0 Å². The van der Waals surface area contributed by atoms with Gasteiger partial charge in [0.2, 0.25) is 11.8 Å². The number of nitrogens with one attached hydrogen (secondary N) is 1. The van der Waals surface area contributed by atoms with Crippen LogP contribution in [0.2, 0.25) is 0 Å². The molecule has 4 heterocycles. The number of likely N-dealkylation sites (tertiary alicyclic amines) is 1. The zero-order valence-electron chi connectivity index (χ0n) is 20.9. The monoisotopic (exact) mass is 496 g/mol. The molecule has 7 unspecified atom stereocenters. The number of nitrogens with zero attached hydrogens (tertiary/aromatic N) is 5. The summed E-state index contributed by atoms with van der Waals surface area (Å²) in [6.45, 7) is 9.13. The Labute approximate surface area is 204 Å². The van der Waals surface area contributed by atoms with Gasteiger partial charge in [0.1, 0.15) is 6.54 Å². The first kappa shape index (κ1) is 25.6. The Balaban J connectivity index is 1.56. The largest absolute Gasteiger partial charge is 0.407 e. The highest BCUT2D eigenvalue weighted by molar-refractivity contribution is 6.16. The van der Waals surface area contributed by atoms with Crippen LogP contribution in [0.1, 0.15) is 47.5 Å². The van der Waals surface area contributed by atoms with E-state index in [0.717, 1.165) is 10.7 Å².